The molecule has 34 heavy (non-hydrogen) atoms. The molecule has 0 atom stereocenters. The van der Waals surface area contributed by atoms with E-state index >= 15 is 0 Å². The van der Waals surface area contributed by atoms with Crippen LogP contribution in [0.5, 0.6) is 0 Å². The topological polar surface area (TPSA) is 50.5 Å². The predicted octanol–water partition coefficient (Wildman–Crippen LogP) is 7.06. The molecule has 0 spiro atoms. The van der Waals surface area contributed by atoms with Crippen LogP contribution in [0.15, 0.2) is 106 Å². The first kappa shape index (κ1) is 22.0. The normalized spacial score (nSPS) is 13.8. The van der Waals surface area contributed by atoms with Gasteiger partial charge >= 0.3 is 0 Å². The van der Waals surface area contributed by atoms with Crippen molar-refractivity contribution in [2.75, 3.05) is 0 Å². The smallest absolute Gasteiger partial charge is 0.268 e. The lowest BCUT2D eigenvalue weighted by Crippen LogP contribution is -2.26. The predicted molar refractivity (Wildman–Crippen MR) is 137 cm³/mol. The summed E-state index contributed by atoms with van der Waals surface area (Å²) < 4.78 is 35.5. The molecule has 0 radical (unpaired) electrons. The molecular weight excluding hydrogens is 442 g/mol. The summed E-state index contributed by atoms with van der Waals surface area (Å²) in [4.78, 5) is 0.216. The molecule has 0 aliphatic carbocycles. The standard InChI is InChI=1S/C29H25NO3S/c1-19(2)28-27(22-8-6-5-7-9-22)29-25(24-15-12-21(4)18-26(24)33-29)16-17-30(28)34(31,32)23-13-10-20(3)11-14-23/h5-18H,1H2,2-4H3. The number of aryl methyl sites for hydroxylation is 2. The van der Waals surface area contributed by atoms with Crippen molar-refractivity contribution in [3.63, 3.8) is 0 Å². The van der Waals surface area contributed by atoms with E-state index in [4.69, 9.17) is 4.42 Å². The lowest BCUT2D eigenvalue weighted by Gasteiger charge is -2.25. The van der Waals surface area contributed by atoms with Gasteiger partial charge in [-0.2, -0.15) is 0 Å². The summed E-state index contributed by atoms with van der Waals surface area (Å²) in [5.74, 6) is 0.627. The second kappa shape index (κ2) is 8.19. The monoisotopic (exact) mass is 467 g/mol. The third-order valence-corrected chi connectivity index (χ3v) is 7.68. The molecule has 5 heteroatoms. The van der Waals surface area contributed by atoms with E-state index in [2.05, 4.69) is 6.58 Å². The first-order valence-electron chi connectivity index (χ1n) is 11.1. The fraction of sp³-hybridized carbons (Fsp3) is 0.103. The van der Waals surface area contributed by atoms with Crippen LogP contribution < -0.4 is 0 Å². The SMILES string of the molecule is C=C(C)C1=C(c2ccccc2)c2oc3cc(C)ccc3c2C=CN1S(=O)(=O)c1ccc(C)cc1. The van der Waals surface area contributed by atoms with Gasteiger partial charge in [0.1, 0.15) is 11.3 Å². The number of allylic oxidation sites excluding steroid dienone is 1. The van der Waals surface area contributed by atoms with E-state index in [1.54, 1.807) is 30.5 Å². The molecule has 0 saturated carbocycles. The van der Waals surface area contributed by atoms with Crippen molar-refractivity contribution < 1.29 is 12.8 Å². The minimum atomic E-state index is -3.91. The summed E-state index contributed by atoms with van der Waals surface area (Å²) in [6.07, 6.45) is 3.43. The Balaban J connectivity index is 1.86. The van der Waals surface area contributed by atoms with Crippen molar-refractivity contribution in [3.8, 4) is 0 Å². The Labute approximate surface area is 200 Å². The highest BCUT2D eigenvalue weighted by atomic mass is 32.2. The van der Waals surface area contributed by atoms with E-state index in [9.17, 15) is 8.42 Å². The third-order valence-electron chi connectivity index (χ3n) is 5.99. The number of nitrogens with zero attached hydrogens (tertiary/aromatic N) is 1. The van der Waals surface area contributed by atoms with E-state index in [1.165, 1.54) is 4.31 Å². The van der Waals surface area contributed by atoms with Crippen LogP contribution in [0.25, 0.3) is 22.6 Å². The van der Waals surface area contributed by atoms with E-state index < -0.39 is 10.0 Å². The number of sulfonamides is 1. The largest absolute Gasteiger partial charge is 0.455 e. The van der Waals surface area contributed by atoms with Crippen LogP contribution in [0, 0.1) is 13.8 Å². The molecule has 5 rings (SSSR count). The van der Waals surface area contributed by atoms with Crippen LogP contribution in [-0.2, 0) is 10.0 Å². The zero-order chi connectivity index (χ0) is 24.0. The van der Waals surface area contributed by atoms with Crippen LogP contribution in [-0.4, -0.2) is 12.7 Å². The van der Waals surface area contributed by atoms with E-state index in [0.717, 1.165) is 33.2 Å². The molecule has 0 bridgehead atoms. The van der Waals surface area contributed by atoms with Crippen molar-refractivity contribution >= 4 is 32.6 Å². The lowest BCUT2D eigenvalue weighted by molar-refractivity contribution is 0.544. The van der Waals surface area contributed by atoms with Gasteiger partial charge in [-0.25, -0.2) is 12.7 Å². The van der Waals surface area contributed by atoms with Crippen molar-refractivity contribution in [2.24, 2.45) is 0 Å². The maximum Gasteiger partial charge on any atom is 0.268 e. The Hall–Kier alpha value is -3.83. The summed E-state index contributed by atoms with van der Waals surface area (Å²) in [7, 11) is -3.91. The summed E-state index contributed by atoms with van der Waals surface area (Å²) >= 11 is 0. The molecule has 1 aliphatic heterocycles. The van der Waals surface area contributed by atoms with Crippen molar-refractivity contribution in [1.82, 2.24) is 4.31 Å². The molecule has 4 aromatic rings. The summed E-state index contributed by atoms with van der Waals surface area (Å²) in [6.45, 7) is 9.94. The quantitative estimate of drug-likeness (QED) is 0.323. The number of furan rings is 1. The van der Waals surface area contributed by atoms with Gasteiger partial charge in [0, 0.05) is 17.1 Å². The molecule has 2 heterocycles. The van der Waals surface area contributed by atoms with Gasteiger partial charge in [0.05, 0.1) is 16.2 Å². The van der Waals surface area contributed by atoms with Gasteiger partial charge in [-0.3, -0.25) is 0 Å². The van der Waals surface area contributed by atoms with Crippen molar-refractivity contribution in [3.05, 3.63) is 125 Å². The maximum absolute atomic E-state index is 13.9. The van der Waals surface area contributed by atoms with Gasteiger partial charge in [0.25, 0.3) is 10.0 Å². The van der Waals surface area contributed by atoms with Gasteiger partial charge in [-0.1, -0.05) is 66.7 Å². The van der Waals surface area contributed by atoms with Crippen LogP contribution >= 0.6 is 0 Å². The highest BCUT2D eigenvalue weighted by Crippen LogP contribution is 2.43. The highest BCUT2D eigenvalue weighted by Gasteiger charge is 2.33. The molecule has 1 aliphatic rings. The summed E-state index contributed by atoms with van der Waals surface area (Å²) in [5.41, 5.74) is 6.33. The number of fused-ring (bicyclic) bond motifs is 3. The van der Waals surface area contributed by atoms with Crippen molar-refractivity contribution in [2.45, 2.75) is 25.7 Å². The Kier molecular flexibility index (Phi) is 5.29. The van der Waals surface area contributed by atoms with Crippen molar-refractivity contribution in [1.29, 1.82) is 0 Å². The van der Waals surface area contributed by atoms with Gasteiger partial charge in [0.15, 0.2) is 0 Å². The van der Waals surface area contributed by atoms with Gasteiger partial charge in [0.2, 0.25) is 0 Å². The second-order valence-electron chi connectivity index (χ2n) is 8.64. The van der Waals surface area contributed by atoms with E-state index in [-0.39, 0.29) is 4.90 Å². The molecule has 0 saturated heterocycles. The second-order valence-corrected chi connectivity index (χ2v) is 10.5. The fourth-order valence-electron chi connectivity index (χ4n) is 4.31. The number of rotatable bonds is 4. The molecule has 0 unspecified atom stereocenters. The molecule has 170 valence electrons. The molecule has 0 fully saturated rings. The lowest BCUT2D eigenvalue weighted by atomic mass is 9.96. The summed E-state index contributed by atoms with van der Waals surface area (Å²) in [5, 5.41) is 0.931. The van der Waals surface area contributed by atoms with Crippen LogP contribution in [0.2, 0.25) is 0 Å². The highest BCUT2D eigenvalue weighted by molar-refractivity contribution is 7.89. The minimum absolute atomic E-state index is 0.216. The molecule has 4 nitrogen and oxygen atoms in total. The van der Waals surface area contributed by atoms with Crippen LogP contribution in [0.1, 0.15) is 34.9 Å². The average molecular weight is 468 g/mol. The molecule has 0 amide bonds. The zero-order valence-corrected chi connectivity index (χ0v) is 20.2. The molecular formula is C29H25NO3S. The number of hydrogen-bond donors (Lipinski definition) is 0. The fourth-order valence-corrected chi connectivity index (χ4v) is 5.72. The van der Waals surface area contributed by atoms with E-state index in [1.807, 2.05) is 75.4 Å². The average Bonchev–Trinajstić information content (AvgIpc) is 3.06. The summed E-state index contributed by atoms with van der Waals surface area (Å²) in [6, 6.07) is 22.6. The minimum Gasteiger partial charge on any atom is -0.455 e. The Morgan fingerprint density at radius 1 is 0.912 bits per heavy atom. The zero-order valence-electron chi connectivity index (χ0n) is 19.4. The Morgan fingerprint density at radius 3 is 2.26 bits per heavy atom. The molecule has 3 aromatic carbocycles. The molecule has 1 aromatic heterocycles. The first-order chi connectivity index (χ1) is 16.3. The molecule has 0 N–H and O–H groups in total. The third kappa shape index (κ3) is 3.58. The Bertz CT molecular complexity index is 1590. The van der Waals surface area contributed by atoms with Gasteiger partial charge in [-0.15, -0.1) is 0 Å². The number of hydrogen-bond acceptors (Lipinski definition) is 3. The van der Waals surface area contributed by atoms with E-state index in [0.29, 0.717) is 22.6 Å². The Morgan fingerprint density at radius 2 is 1.59 bits per heavy atom. The van der Waals surface area contributed by atoms with Crippen LogP contribution in [0.4, 0.5) is 0 Å². The van der Waals surface area contributed by atoms with Gasteiger partial charge < -0.3 is 4.42 Å². The maximum atomic E-state index is 13.9. The number of benzene rings is 3. The van der Waals surface area contributed by atoms with Crippen LogP contribution in [0.3, 0.4) is 0 Å². The first-order valence-corrected chi connectivity index (χ1v) is 12.5. The van der Waals surface area contributed by atoms with Gasteiger partial charge in [-0.05, 0) is 61.7 Å².